The summed E-state index contributed by atoms with van der Waals surface area (Å²) in [6.45, 7) is 11.0. The molecule has 12 atom stereocenters. The predicted molar refractivity (Wildman–Crippen MR) is 134 cm³/mol. The Hall–Kier alpha value is -0.940. The van der Waals surface area contributed by atoms with E-state index in [1.54, 1.807) is 0 Å². The van der Waals surface area contributed by atoms with Crippen molar-refractivity contribution in [3.05, 3.63) is 0 Å². The molecule has 0 bridgehead atoms. The molecular weight excluding hydrogens is 438 g/mol. The van der Waals surface area contributed by atoms with Crippen LogP contribution in [0.5, 0.6) is 0 Å². The van der Waals surface area contributed by atoms with Gasteiger partial charge in [-0.15, -0.1) is 0 Å². The van der Waals surface area contributed by atoms with Crippen molar-refractivity contribution >= 4 is 11.8 Å². The fourth-order valence-electron chi connectivity index (χ4n) is 10.7. The number of piperidine rings is 2. The molecule has 0 unspecified atom stereocenters. The van der Waals surface area contributed by atoms with E-state index in [9.17, 15) is 14.7 Å². The average molecular weight is 486 g/mol. The Balaban J connectivity index is 1.24. The van der Waals surface area contributed by atoms with Gasteiger partial charge in [0, 0.05) is 37.9 Å². The number of hydrogen-bond donors (Lipinski definition) is 1. The lowest BCUT2D eigenvalue weighted by molar-refractivity contribution is -0.175. The van der Waals surface area contributed by atoms with Crippen LogP contribution in [-0.2, 0) is 14.3 Å². The summed E-state index contributed by atoms with van der Waals surface area (Å²) in [5.41, 5.74) is -0.549. The highest BCUT2D eigenvalue weighted by Gasteiger charge is 2.64. The van der Waals surface area contributed by atoms with E-state index in [0.717, 1.165) is 57.5 Å². The molecule has 0 aromatic carbocycles. The van der Waals surface area contributed by atoms with Gasteiger partial charge in [0.25, 0.3) is 0 Å². The first-order valence-electron chi connectivity index (χ1n) is 14.8. The van der Waals surface area contributed by atoms with Crippen LogP contribution in [0, 0.1) is 52.8 Å². The summed E-state index contributed by atoms with van der Waals surface area (Å²) in [4.78, 5) is 28.2. The number of Topliss-reactive ketones (excluding diaryl/α,β-unsaturated/α-hetero) is 1. The third-order valence-electron chi connectivity index (χ3n) is 12.4. The highest BCUT2D eigenvalue weighted by Crippen LogP contribution is 2.66. The van der Waals surface area contributed by atoms with Crippen LogP contribution in [-0.4, -0.2) is 52.6 Å². The van der Waals surface area contributed by atoms with E-state index >= 15 is 0 Å². The van der Waals surface area contributed by atoms with Crippen LogP contribution in [0.3, 0.4) is 0 Å². The molecule has 4 aliphatic carbocycles. The topological polar surface area (TPSA) is 66.8 Å². The summed E-state index contributed by atoms with van der Waals surface area (Å²) in [5, 5.41) is 11.9. The molecule has 6 aliphatic rings. The fourth-order valence-corrected chi connectivity index (χ4v) is 10.7. The molecule has 0 radical (unpaired) electrons. The lowest BCUT2D eigenvalue weighted by atomic mass is 9.51. The lowest BCUT2D eigenvalue weighted by Gasteiger charge is -2.59. The number of ketones is 1. The number of rotatable bonds is 2. The van der Waals surface area contributed by atoms with Crippen molar-refractivity contribution in [1.82, 2.24) is 4.90 Å². The number of hydrogen-bond acceptors (Lipinski definition) is 5. The molecule has 1 N–H and O–H groups in total. The van der Waals surface area contributed by atoms with Gasteiger partial charge >= 0.3 is 5.97 Å². The maximum absolute atomic E-state index is 13.6. The molecule has 4 saturated carbocycles. The summed E-state index contributed by atoms with van der Waals surface area (Å²) in [7, 11) is 0. The number of carbonyl (C=O) groups excluding carboxylic acids is 2. The van der Waals surface area contributed by atoms with E-state index in [-0.39, 0.29) is 23.4 Å². The van der Waals surface area contributed by atoms with Crippen LogP contribution in [0.15, 0.2) is 0 Å². The minimum absolute atomic E-state index is 0.0430. The number of esters is 1. The Labute approximate surface area is 211 Å². The molecule has 5 heteroatoms. The van der Waals surface area contributed by atoms with Crippen molar-refractivity contribution in [2.45, 2.75) is 110 Å². The van der Waals surface area contributed by atoms with E-state index in [1.165, 1.54) is 19.3 Å². The Kier molecular flexibility index (Phi) is 5.96. The normalized spacial score (nSPS) is 53.6. The zero-order chi connectivity index (χ0) is 24.7. The van der Waals surface area contributed by atoms with Crippen LogP contribution in [0.25, 0.3) is 0 Å². The standard InChI is InChI=1S/C30H47NO4/c1-5-28(33)35-18-10-11-29(3)24-13-20-19(21(24)14-26(32)25(29)12-18)7-8-23-22(20)16-31-15-17(2)6-9-27(31)30(23,4)34/h17-25,27,34H,5-16H2,1-4H3/t17-,18-,19+,20+,21-,22-,23+,24-,25+,27-,29+,30-/m0/s1. The zero-order valence-electron chi connectivity index (χ0n) is 22.4. The third kappa shape index (κ3) is 3.68. The Morgan fingerprint density at radius 1 is 1.00 bits per heavy atom. The van der Waals surface area contributed by atoms with Gasteiger partial charge in [0.05, 0.1) is 5.60 Å². The lowest BCUT2D eigenvalue weighted by Crippen LogP contribution is -2.67. The Bertz CT molecular complexity index is 870. The second-order valence-corrected chi connectivity index (χ2v) is 14.0. The van der Waals surface area contributed by atoms with E-state index < -0.39 is 5.60 Å². The van der Waals surface area contributed by atoms with Crippen LogP contribution in [0.2, 0.25) is 0 Å². The molecule has 2 saturated heterocycles. The fraction of sp³-hybridized carbons (Fsp3) is 0.933. The first kappa shape index (κ1) is 24.4. The van der Waals surface area contributed by atoms with Gasteiger partial charge in [0.1, 0.15) is 11.9 Å². The van der Waals surface area contributed by atoms with Gasteiger partial charge in [-0.25, -0.2) is 0 Å². The molecule has 0 aromatic rings. The van der Waals surface area contributed by atoms with E-state index in [2.05, 4.69) is 25.7 Å². The molecular formula is C30H47NO4. The highest BCUT2D eigenvalue weighted by atomic mass is 16.5. The summed E-state index contributed by atoms with van der Waals surface area (Å²) in [6.07, 6.45) is 9.62. The second kappa shape index (κ2) is 8.55. The summed E-state index contributed by atoms with van der Waals surface area (Å²) in [6, 6.07) is 0.324. The summed E-state index contributed by atoms with van der Waals surface area (Å²) < 4.78 is 5.72. The monoisotopic (exact) mass is 485 g/mol. The smallest absolute Gasteiger partial charge is 0.305 e. The van der Waals surface area contributed by atoms with Crippen LogP contribution in [0.4, 0.5) is 0 Å². The van der Waals surface area contributed by atoms with Crippen LogP contribution in [0.1, 0.15) is 91.9 Å². The molecule has 2 heterocycles. The maximum atomic E-state index is 13.6. The van der Waals surface area contributed by atoms with Gasteiger partial charge in [-0.1, -0.05) is 20.8 Å². The summed E-state index contributed by atoms with van der Waals surface area (Å²) in [5.74, 6) is 4.46. The van der Waals surface area contributed by atoms with E-state index in [1.807, 2.05) is 6.92 Å². The maximum Gasteiger partial charge on any atom is 0.305 e. The van der Waals surface area contributed by atoms with E-state index in [4.69, 9.17) is 4.74 Å². The van der Waals surface area contributed by atoms with Gasteiger partial charge in [0.2, 0.25) is 0 Å². The second-order valence-electron chi connectivity index (χ2n) is 14.0. The minimum Gasteiger partial charge on any atom is -0.462 e. The van der Waals surface area contributed by atoms with Gasteiger partial charge in [-0.05, 0) is 105 Å². The Morgan fingerprint density at radius 3 is 2.57 bits per heavy atom. The first-order valence-corrected chi connectivity index (χ1v) is 14.8. The minimum atomic E-state index is -0.592. The molecule has 0 amide bonds. The number of carbonyl (C=O) groups is 2. The summed E-state index contributed by atoms with van der Waals surface area (Å²) >= 11 is 0. The molecule has 6 fully saturated rings. The van der Waals surface area contributed by atoms with Crippen molar-refractivity contribution in [3.8, 4) is 0 Å². The van der Waals surface area contributed by atoms with Crippen molar-refractivity contribution in [2.24, 2.45) is 52.8 Å². The Morgan fingerprint density at radius 2 is 1.80 bits per heavy atom. The molecule has 2 aliphatic heterocycles. The van der Waals surface area contributed by atoms with Crippen molar-refractivity contribution in [2.75, 3.05) is 13.1 Å². The van der Waals surface area contributed by atoms with Crippen LogP contribution >= 0.6 is 0 Å². The number of fused-ring (bicyclic) bond motifs is 8. The predicted octanol–water partition coefficient (Wildman–Crippen LogP) is 4.85. The third-order valence-corrected chi connectivity index (χ3v) is 12.4. The van der Waals surface area contributed by atoms with E-state index in [0.29, 0.717) is 53.8 Å². The van der Waals surface area contributed by atoms with Crippen LogP contribution < -0.4 is 0 Å². The SMILES string of the molecule is CCC(=O)O[C@H]1CC[C@@]2(C)[C@H](C1)C(=O)C[C@H]1[C@@H]3CC[C@@H]4[C@@H](CN5C[C@@H](C)CC[C@H]5[C@@]4(C)O)[C@@H]3C[C@@H]12. The highest BCUT2D eigenvalue weighted by molar-refractivity contribution is 5.83. The molecule has 0 spiro atoms. The van der Waals surface area contributed by atoms with Gasteiger partial charge in [-0.3, -0.25) is 14.5 Å². The first-order chi connectivity index (χ1) is 16.6. The number of ether oxygens (including phenoxy) is 1. The molecule has 35 heavy (non-hydrogen) atoms. The average Bonchev–Trinajstić information content (AvgIpc) is 3.19. The zero-order valence-corrected chi connectivity index (χ0v) is 22.4. The quantitative estimate of drug-likeness (QED) is 0.567. The largest absolute Gasteiger partial charge is 0.462 e. The van der Waals surface area contributed by atoms with Crippen molar-refractivity contribution < 1.29 is 19.4 Å². The van der Waals surface area contributed by atoms with Crippen molar-refractivity contribution in [1.29, 1.82) is 0 Å². The molecule has 6 rings (SSSR count). The van der Waals surface area contributed by atoms with Gasteiger partial charge in [0.15, 0.2) is 0 Å². The number of nitrogens with zero attached hydrogens (tertiary/aromatic N) is 1. The molecule has 196 valence electrons. The molecule has 5 nitrogen and oxygen atoms in total. The number of aliphatic hydroxyl groups is 1. The van der Waals surface area contributed by atoms with Gasteiger partial charge in [-0.2, -0.15) is 0 Å². The molecule has 0 aromatic heterocycles. The van der Waals surface area contributed by atoms with Gasteiger partial charge < -0.3 is 9.84 Å². The van der Waals surface area contributed by atoms with Crippen molar-refractivity contribution in [3.63, 3.8) is 0 Å².